The molecule has 0 saturated carbocycles. The van der Waals surface area contributed by atoms with Gasteiger partial charge in [0.05, 0.1) is 18.7 Å². The van der Waals surface area contributed by atoms with Gasteiger partial charge in [-0.2, -0.15) is 13.2 Å². The van der Waals surface area contributed by atoms with E-state index in [1.165, 1.54) is 4.90 Å². The van der Waals surface area contributed by atoms with Crippen LogP contribution in [0.15, 0.2) is 18.2 Å². The number of ether oxygens (including phenoxy) is 1. The summed E-state index contributed by atoms with van der Waals surface area (Å²) in [7, 11) is 0. The number of benzene rings is 1. The minimum absolute atomic E-state index is 0.0179. The lowest BCUT2D eigenvalue weighted by molar-refractivity contribution is -0.138. The number of halogens is 4. The number of amides is 1. The molecule has 1 aromatic carbocycles. The van der Waals surface area contributed by atoms with E-state index in [1.54, 1.807) is 20.8 Å². The minimum Gasteiger partial charge on any atom is -0.444 e. The average molecular weight is 352 g/mol. The standard InChI is InChI=1S/C15H17ClF3NO3/c1-13(2,3)23-12(21)20-7-14(22,8-20)10-6-9(15(17,18)19)4-5-11(10)16/h4-6,22H,7-8H2,1-3H3. The fourth-order valence-corrected chi connectivity index (χ4v) is 2.56. The number of nitrogens with zero attached hydrogens (tertiary/aromatic N) is 1. The third-order valence-electron chi connectivity index (χ3n) is 3.35. The molecular formula is C15H17ClF3NO3. The summed E-state index contributed by atoms with van der Waals surface area (Å²) >= 11 is 5.92. The lowest BCUT2D eigenvalue weighted by Crippen LogP contribution is -2.62. The number of rotatable bonds is 1. The van der Waals surface area contributed by atoms with Crippen molar-refractivity contribution in [3.63, 3.8) is 0 Å². The van der Waals surface area contributed by atoms with Crippen LogP contribution in [-0.2, 0) is 16.5 Å². The van der Waals surface area contributed by atoms with Crippen molar-refractivity contribution in [3.05, 3.63) is 34.3 Å². The average Bonchev–Trinajstić information content (AvgIpc) is 2.31. The van der Waals surface area contributed by atoms with Crippen LogP contribution in [0, 0.1) is 0 Å². The molecule has 0 unspecified atom stereocenters. The van der Waals surface area contributed by atoms with Crippen molar-refractivity contribution >= 4 is 17.7 Å². The van der Waals surface area contributed by atoms with Gasteiger partial charge in [0, 0.05) is 10.6 Å². The molecule has 0 atom stereocenters. The largest absolute Gasteiger partial charge is 0.444 e. The van der Waals surface area contributed by atoms with Gasteiger partial charge in [0.1, 0.15) is 11.2 Å². The Bertz CT molecular complexity index is 619. The molecule has 1 aliphatic rings. The molecule has 0 aromatic heterocycles. The van der Waals surface area contributed by atoms with E-state index in [2.05, 4.69) is 0 Å². The maximum Gasteiger partial charge on any atom is 0.416 e. The zero-order valence-corrected chi connectivity index (χ0v) is 13.6. The van der Waals surface area contributed by atoms with Crippen LogP contribution in [0.4, 0.5) is 18.0 Å². The molecule has 2 rings (SSSR count). The van der Waals surface area contributed by atoms with E-state index in [-0.39, 0.29) is 23.7 Å². The van der Waals surface area contributed by atoms with Gasteiger partial charge in [0.25, 0.3) is 0 Å². The summed E-state index contributed by atoms with van der Waals surface area (Å²) < 4.78 is 43.5. The molecule has 1 N–H and O–H groups in total. The molecule has 1 aromatic rings. The first-order valence-corrected chi connectivity index (χ1v) is 7.27. The maximum atomic E-state index is 12.8. The number of alkyl halides is 3. The summed E-state index contributed by atoms with van der Waals surface area (Å²) in [5.41, 5.74) is -3.26. The van der Waals surface area contributed by atoms with E-state index in [1.807, 2.05) is 0 Å². The second-order valence-corrected chi connectivity index (χ2v) is 6.97. The van der Waals surface area contributed by atoms with Crippen LogP contribution in [0.1, 0.15) is 31.9 Å². The van der Waals surface area contributed by atoms with E-state index >= 15 is 0 Å². The second kappa shape index (κ2) is 5.56. The number of carbonyl (C=O) groups is 1. The molecule has 0 aliphatic carbocycles. The molecule has 1 aliphatic heterocycles. The van der Waals surface area contributed by atoms with E-state index in [0.29, 0.717) is 0 Å². The van der Waals surface area contributed by atoms with Crippen molar-refractivity contribution in [2.45, 2.75) is 38.1 Å². The Kier molecular flexibility index (Phi) is 4.32. The fourth-order valence-electron chi connectivity index (χ4n) is 2.27. The lowest BCUT2D eigenvalue weighted by Gasteiger charge is -2.47. The normalized spacial score (nSPS) is 17.7. The van der Waals surface area contributed by atoms with Crippen LogP contribution in [0.5, 0.6) is 0 Å². The first-order valence-electron chi connectivity index (χ1n) is 6.89. The van der Waals surface area contributed by atoms with Crippen LogP contribution in [0.2, 0.25) is 5.02 Å². The van der Waals surface area contributed by atoms with Crippen LogP contribution in [-0.4, -0.2) is 34.8 Å². The van der Waals surface area contributed by atoms with E-state index in [9.17, 15) is 23.1 Å². The molecule has 1 fully saturated rings. The zero-order chi connectivity index (χ0) is 17.6. The second-order valence-electron chi connectivity index (χ2n) is 6.56. The van der Waals surface area contributed by atoms with Gasteiger partial charge in [0.15, 0.2) is 0 Å². The van der Waals surface area contributed by atoms with Crippen molar-refractivity contribution in [3.8, 4) is 0 Å². The van der Waals surface area contributed by atoms with Gasteiger partial charge >= 0.3 is 12.3 Å². The van der Waals surface area contributed by atoms with Crippen LogP contribution < -0.4 is 0 Å². The number of β-amino-alcohol motifs (C(OH)–C–C–N with tert-alkyl or cyclic N) is 1. The van der Waals surface area contributed by atoms with Gasteiger partial charge in [0.2, 0.25) is 0 Å². The molecule has 128 valence electrons. The molecule has 1 saturated heterocycles. The van der Waals surface area contributed by atoms with Crippen LogP contribution in [0.3, 0.4) is 0 Å². The number of likely N-dealkylation sites (tertiary alicyclic amines) is 1. The first kappa shape index (κ1) is 17.9. The molecule has 23 heavy (non-hydrogen) atoms. The molecule has 4 nitrogen and oxygen atoms in total. The lowest BCUT2D eigenvalue weighted by atomic mass is 9.85. The molecule has 1 heterocycles. The summed E-state index contributed by atoms with van der Waals surface area (Å²) in [6, 6.07) is 2.75. The first-order chi connectivity index (χ1) is 10.3. The summed E-state index contributed by atoms with van der Waals surface area (Å²) in [6.45, 7) is 4.73. The van der Waals surface area contributed by atoms with Crippen LogP contribution >= 0.6 is 11.6 Å². The summed E-state index contributed by atoms with van der Waals surface area (Å²) in [6.07, 6.45) is -5.17. The Hall–Kier alpha value is -1.47. The summed E-state index contributed by atoms with van der Waals surface area (Å²) in [5.74, 6) is 0. The Balaban J connectivity index is 2.17. The molecule has 0 spiro atoms. The van der Waals surface area contributed by atoms with Crippen molar-refractivity contribution in [1.82, 2.24) is 4.90 Å². The van der Waals surface area contributed by atoms with Gasteiger partial charge in [-0.15, -0.1) is 0 Å². The highest BCUT2D eigenvalue weighted by atomic mass is 35.5. The topological polar surface area (TPSA) is 49.8 Å². The number of hydrogen-bond donors (Lipinski definition) is 1. The van der Waals surface area contributed by atoms with Crippen molar-refractivity contribution < 1.29 is 27.8 Å². The summed E-state index contributed by atoms with van der Waals surface area (Å²) in [5, 5.41) is 10.5. The van der Waals surface area contributed by atoms with Gasteiger partial charge in [-0.05, 0) is 39.0 Å². The Morgan fingerprint density at radius 1 is 1.30 bits per heavy atom. The third kappa shape index (κ3) is 3.90. The molecule has 1 amide bonds. The quantitative estimate of drug-likeness (QED) is 0.837. The Labute approximate surface area is 136 Å². The highest BCUT2D eigenvalue weighted by Gasteiger charge is 2.48. The van der Waals surface area contributed by atoms with E-state index in [4.69, 9.17) is 16.3 Å². The number of aliphatic hydroxyl groups is 1. The summed E-state index contributed by atoms with van der Waals surface area (Å²) in [4.78, 5) is 13.1. The van der Waals surface area contributed by atoms with Gasteiger partial charge in [-0.3, -0.25) is 0 Å². The number of carbonyl (C=O) groups excluding carboxylic acids is 1. The molecule has 0 radical (unpaired) electrons. The molecule has 0 bridgehead atoms. The smallest absolute Gasteiger partial charge is 0.416 e. The molecule has 8 heteroatoms. The number of hydrogen-bond acceptors (Lipinski definition) is 3. The SMILES string of the molecule is CC(C)(C)OC(=O)N1CC(O)(c2cc(C(F)(F)F)ccc2Cl)C1. The third-order valence-corrected chi connectivity index (χ3v) is 3.68. The van der Waals surface area contributed by atoms with Gasteiger partial charge < -0.3 is 14.7 Å². The monoisotopic (exact) mass is 351 g/mol. The van der Waals surface area contributed by atoms with Gasteiger partial charge in [-0.1, -0.05) is 11.6 Å². The van der Waals surface area contributed by atoms with Crippen molar-refractivity contribution in [2.75, 3.05) is 13.1 Å². The van der Waals surface area contributed by atoms with Gasteiger partial charge in [-0.25, -0.2) is 4.79 Å². The van der Waals surface area contributed by atoms with E-state index < -0.39 is 29.0 Å². The van der Waals surface area contributed by atoms with E-state index in [0.717, 1.165) is 18.2 Å². The van der Waals surface area contributed by atoms with Crippen LogP contribution in [0.25, 0.3) is 0 Å². The predicted molar refractivity (Wildman–Crippen MR) is 78.2 cm³/mol. The van der Waals surface area contributed by atoms with Crippen molar-refractivity contribution in [1.29, 1.82) is 0 Å². The maximum absolute atomic E-state index is 12.8. The zero-order valence-electron chi connectivity index (χ0n) is 12.9. The molecular weight excluding hydrogens is 335 g/mol. The highest BCUT2D eigenvalue weighted by molar-refractivity contribution is 6.31. The Morgan fingerprint density at radius 2 is 1.87 bits per heavy atom. The highest BCUT2D eigenvalue weighted by Crippen LogP contribution is 2.40. The van der Waals surface area contributed by atoms with Crippen molar-refractivity contribution in [2.24, 2.45) is 0 Å². The Morgan fingerprint density at radius 3 is 2.35 bits per heavy atom. The minimum atomic E-state index is -4.54. The predicted octanol–water partition coefficient (Wildman–Crippen LogP) is 3.80. The fraction of sp³-hybridized carbons (Fsp3) is 0.533.